The molecule has 1 aromatic rings. The van der Waals surface area contributed by atoms with Gasteiger partial charge in [0.2, 0.25) is 0 Å². The minimum atomic E-state index is 0. The normalized spacial score (nSPS) is 16.0. The summed E-state index contributed by atoms with van der Waals surface area (Å²) in [5.74, 6) is 0.915. The van der Waals surface area contributed by atoms with Gasteiger partial charge in [-0.2, -0.15) is 0 Å². The van der Waals surface area contributed by atoms with Crippen LogP contribution >= 0.6 is 12.4 Å². The summed E-state index contributed by atoms with van der Waals surface area (Å²) in [6, 6.07) is 9.06. The molecule has 1 N–H and O–H groups in total. The van der Waals surface area contributed by atoms with Crippen LogP contribution < -0.4 is 10.1 Å². The van der Waals surface area contributed by atoms with Crippen molar-refractivity contribution in [3.63, 3.8) is 0 Å². The Bertz CT molecular complexity index is 369. The largest absolute Gasteiger partial charge is 0.490 e. The van der Waals surface area contributed by atoms with Gasteiger partial charge in [-0.1, -0.05) is 50.5 Å². The minimum Gasteiger partial charge on any atom is -0.490 e. The van der Waals surface area contributed by atoms with Crippen LogP contribution in [0.2, 0.25) is 0 Å². The van der Waals surface area contributed by atoms with Crippen LogP contribution in [0.3, 0.4) is 0 Å². The van der Waals surface area contributed by atoms with E-state index in [1.165, 1.54) is 44.1 Å². The summed E-state index contributed by atoms with van der Waals surface area (Å²) in [7, 11) is 0. The highest BCUT2D eigenvalue weighted by Gasteiger charge is 2.11. The van der Waals surface area contributed by atoms with Crippen molar-refractivity contribution in [3.8, 4) is 5.75 Å². The van der Waals surface area contributed by atoms with E-state index in [2.05, 4.69) is 24.0 Å². The van der Waals surface area contributed by atoms with Crippen LogP contribution in [0.4, 0.5) is 0 Å². The highest BCUT2D eigenvalue weighted by atomic mass is 35.5. The van der Waals surface area contributed by atoms with Crippen molar-refractivity contribution < 1.29 is 4.74 Å². The third kappa shape index (κ3) is 5.98. The van der Waals surface area contributed by atoms with Crippen molar-refractivity contribution in [3.05, 3.63) is 42.5 Å². The van der Waals surface area contributed by atoms with Crippen molar-refractivity contribution >= 4 is 12.4 Å². The maximum Gasteiger partial charge on any atom is 0.119 e. The Morgan fingerprint density at radius 3 is 2.35 bits per heavy atom. The molecule has 0 unspecified atom stereocenters. The molecule has 0 spiro atoms. The van der Waals surface area contributed by atoms with Gasteiger partial charge in [0.15, 0.2) is 0 Å². The number of benzene rings is 1. The molecule has 1 aliphatic carbocycles. The van der Waals surface area contributed by atoms with Crippen molar-refractivity contribution in [2.24, 2.45) is 0 Å². The number of nitrogens with one attached hydrogen (secondary N) is 1. The van der Waals surface area contributed by atoms with Crippen LogP contribution in [0, 0.1) is 0 Å². The van der Waals surface area contributed by atoms with Gasteiger partial charge >= 0.3 is 0 Å². The van der Waals surface area contributed by atoms with Gasteiger partial charge in [0.1, 0.15) is 12.4 Å². The molecule has 2 rings (SSSR count). The molecule has 0 saturated heterocycles. The lowest BCUT2D eigenvalue weighted by molar-refractivity contribution is 0.363. The fourth-order valence-electron chi connectivity index (χ4n) is 2.60. The van der Waals surface area contributed by atoms with E-state index in [1.807, 2.05) is 12.1 Å². The topological polar surface area (TPSA) is 21.3 Å². The van der Waals surface area contributed by atoms with Crippen molar-refractivity contribution in [2.75, 3.05) is 6.61 Å². The predicted molar refractivity (Wildman–Crippen MR) is 87.7 cm³/mol. The first kappa shape index (κ1) is 17.1. The Morgan fingerprint density at radius 1 is 1.10 bits per heavy atom. The summed E-state index contributed by atoms with van der Waals surface area (Å²) >= 11 is 0. The van der Waals surface area contributed by atoms with Gasteiger partial charge in [0.05, 0.1) is 0 Å². The Kier molecular flexibility index (Phi) is 8.40. The minimum absolute atomic E-state index is 0. The Balaban J connectivity index is 0.00000200. The summed E-state index contributed by atoms with van der Waals surface area (Å²) in [5.41, 5.74) is 1.33. The van der Waals surface area contributed by atoms with Crippen LogP contribution in [0.1, 0.15) is 44.1 Å². The van der Waals surface area contributed by atoms with E-state index >= 15 is 0 Å². The molecular weight excluding hydrogens is 270 g/mol. The van der Waals surface area contributed by atoms with Crippen LogP contribution in [0.5, 0.6) is 5.75 Å². The van der Waals surface area contributed by atoms with Gasteiger partial charge in [0, 0.05) is 12.6 Å². The van der Waals surface area contributed by atoms with Crippen molar-refractivity contribution in [2.45, 2.75) is 51.1 Å². The molecule has 0 atom stereocenters. The molecule has 0 aliphatic heterocycles. The predicted octanol–water partition coefficient (Wildman–Crippen LogP) is 4.49. The number of ether oxygens (including phenoxy) is 1. The monoisotopic (exact) mass is 295 g/mol. The maximum atomic E-state index is 5.48. The third-order valence-corrected chi connectivity index (χ3v) is 3.74. The zero-order valence-corrected chi connectivity index (χ0v) is 13.0. The molecule has 1 aliphatic rings. The van der Waals surface area contributed by atoms with Gasteiger partial charge in [-0.15, -0.1) is 12.4 Å². The summed E-state index contributed by atoms with van der Waals surface area (Å²) in [6.07, 6.45) is 10.0. The molecule has 1 fully saturated rings. The van der Waals surface area contributed by atoms with E-state index in [0.717, 1.165) is 12.3 Å². The van der Waals surface area contributed by atoms with Gasteiger partial charge in [0.25, 0.3) is 0 Å². The second-order valence-electron chi connectivity index (χ2n) is 5.31. The third-order valence-electron chi connectivity index (χ3n) is 3.74. The molecule has 1 saturated carbocycles. The first-order valence-electron chi connectivity index (χ1n) is 7.44. The molecule has 0 aromatic heterocycles. The molecule has 0 amide bonds. The molecule has 1 aromatic carbocycles. The average Bonchev–Trinajstić information content (AvgIpc) is 2.72. The zero-order chi connectivity index (χ0) is 13.3. The Hall–Kier alpha value is -0.990. The molecule has 3 heteroatoms. The quantitative estimate of drug-likeness (QED) is 0.617. The lowest BCUT2D eigenvalue weighted by atomic mass is 10.1. The van der Waals surface area contributed by atoms with Crippen LogP contribution in [0.15, 0.2) is 36.9 Å². The van der Waals surface area contributed by atoms with Gasteiger partial charge < -0.3 is 10.1 Å². The second-order valence-corrected chi connectivity index (χ2v) is 5.31. The molecule has 20 heavy (non-hydrogen) atoms. The highest BCUT2D eigenvalue weighted by Crippen LogP contribution is 2.18. The van der Waals surface area contributed by atoms with E-state index < -0.39 is 0 Å². The molecule has 0 radical (unpaired) electrons. The lowest BCUT2D eigenvalue weighted by Crippen LogP contribution is -2.27. The number of hydrogen-bond donors (Lipinski definition) is 1. The first-order valence-corrected chi connectivity index (χ1v) is 7.44. The number of hydrogen-bond acceptors (Lipinski definition) is 2. The van der Waals surface area contributed by atoms with Gasteiger partial charge in [-0.3, -0.25) is 0 Å². The lowest BCUT2D eigenvalue weighted by Gasteiger charge is -2.16. The zero-order valence-electron chi connectivity index (χ0n) is 12.1. The smallest absolute Gasteiger partial charge is 0.119 e. The summed E-state index contributed by atoms with van der Waals surface area (Å²) in [4.78, 5) is 0. The highest BCUT2D eigenvalue weighted by molar-refractivity contribution is 5.85. The van der Waals surface area contributed by atoms with Crippen molar-refractivity contribution in [1.82, 2.24) is 5.32 Å². The molecule has 0 bridgehead atoms. The van der Waals surface area contributed by atoms with E-state index in [0.29, 0.717) is 12.6 Å². The summed E-state index contributed by atoms with van der Waals surface area (Å²) < 4.78 is 5.48. The molecule has 2 nitrogen and oxygen atoms in total. The Morgan fingerprint density at radius 2 is 1.75 bits per heavy atom. The Labute approximate surface area is 129 Å². The van der Waals surface area contributed by atoms with E-state index in [1.54, 1.807) is 6.08 Å². The molecule has 0 heterocycles. The van der Waals surface area contributed by atoms with E-state index in [4.69, 9.17) is 4.74 Å². The van der Waals surface area contributed by atoms with Crippen molar-refractivity contribution in [1.29, 1.82) is 0 Å². The molecular formula is C17H26ClNO. The number of halogens is 1. The average molecular weight is 296 g/mol. The fourth-order valence-corrected chi connectivity index (χ4v) is 2.60. The first-order chi connectivity index (χ1) is 9.38. The van der Waals surface area contributed by atoms with Crippen LogP contribution in [-0.4, -0.2) is 12.6 Å². The van der Waals surface area contributed by atoms with Crippen LogP contribution in [-0.2, 0) is 6.54 Å². The van der Waals surface area contributed by atoms with Gasteiger partial charge in [-0.25, -0.2) is 0 Å². The fraction of sp³-hybridized carbons (Fsp3) is 0.529. The maximum absolute atomic E-state index is 5.48. The molecule has 112 valence electrons. The standard InChI is InChI=1S/C17H25NO.ClH/c1-2-13-19-17-11-9-15(10-12-17)14-18-16-7-5-3-4-6-8-16;/h2,9-12,16,18H,1,3-8,13-14H2;1H. The van der Waals surface area contributed by atoms with Gasteiger partial charge in [-0.05, 0) is 30.5 Å². The summed E-state index contributed by atoms with van der Waals surface area (Å²) in [6.45, 7) is 5.18. The second kappa shape index (κ2) is 9.84. The summed E-state index contributed by atoms with van der Waals surface area (Å²) in [5, 5.41) is 3.68. The van der Waals surface area contributed by atoms with Crippen LogP contribution in [0.25, 0.3) is 0 Å². The van der Waals surface area contributed by atoms with E-state index in [9.17, 15) is 0 Å². The van der Waals surface area contributed by atoms with E-state index in [-0.39, 0.29) is 12.4 Å². The SMILES string of the molecule is C=CCOc1ccc(CNC2CCCCCC2)cc1.Cl. The number of rotatable bonds is 6.